The number of nitrogens with zero attached hydrogens (tertiary/aromatic N) is 5. The number of aromatic amines is 1. The quantitative estimate of drug-likeness (QED) is 0.615. The van der Waals surface area contributed by atoms with Crippen LogP contribution in [0, 0.1) is 6.92 Å². The van der Waals surface area contributed by atoms with Gasteiger partial charge in [-0.05, 0) is 18.4 Å². The Morgan fingerprint density at radius 2 is 2.26 bits per heavy atom. The van der Waals surface area contributed by atoms with Gasteiger partial charge < -0.3 is 0 Å². The van der Waals surface area contributed by atoms with Crippen molar-refractivity contribution in [3.63, 3.8) is 0 Å². The Hall–Kier alpha value is -2.06. The Morgan fingerprint density at radius 3 is 3.00 bits per heavy atom. The summed E-state index contributed by atoms with van der Waals surface area (Å²) in [5.74, 6) is 0.786. The molecule has 0 unspecified atom stereocenters. The molecule has 0 atom stereocenters. The molecule has 94 valence electrons. The molecule has 0 saturated carbocycles. The number of hydrogen-bond donors (Lipinski definition) is 1. The Kier molecular flexibility index (Phi) is 2.26. The Morgan fingerprint density at radius 1 is 1.32 bits per heavy atom. The van der Waals surface area contributed by atoms with Crippen molar-refractivity contribution in [3.05, 3.63) is 29.4 Å². The molecule has 0 aromatic carbocycles. The standard InChI is InChI=1S/C11H8N6S2/c1-6-7(5-12-13-6)10-16-17-9(8-3-2-4-18-8)14-15-11(17)19-10/h2-5H,1H3,(H,12,13). The van der Waals surface area contributed by atoms with Crippen molar-refractivity contribution >= 4 is 27.6 Å². The van der Waals surface area contributed by atoms with Crippen molar-refractivity contribution in [2.24, 2.45) is 0 Å². The predicted molar refractivity (Wildman–Crippen MR) is 74.3 cm³/mol. The van der Waals surface area contributed by atoms with E-state index in [1.54, 1.807) is 22.0 Å². The zero-order valence-corrected chi connectivity index (χ0v) is 11.5. The number of fused-ring (bicyclic) bond motifs is 1. The lowest BCUT2D eigenvalue weighted by Gasteiger charge is -1.92. The van der Waals surface area contributed by atoms with Gasteiger partial charge in [0.1, 0.15) is 0 Å². The summed E-state index contributed by atoms with van der Waals surface area (Å²) in [7, 11) is 0. The Balaban J connectivity index is 1.92. The lowest BCUT2D eigenvalue weighted by atomic mass is 10.3. The number of aromatic nitrogens is 6. The first kappa shape index (κ1) is 10.8. The highest BCUT2D eigenvalue weighted by Gasteiger charge is 2.16. The maximum atomic E-state index is 4.59. The molecule has 0 radical (unpaired) electrons. The van der Waals surface area contributed by atoms with Gasteiger partial charge in [-0.2, -0.15) is 14.7 Å². The van der Waals surface area contributed by atoms with E-state index in [4.69, 9.17) is 0 Å². The Labute approximate surface area is 115 Å². The lowest BCUT2D eigenvalue weighted by Crippen LogP contribution is -1.89. The van der Waals surface area contributed by atoms with Crippen molar-refractivity contribution in [1.82, 2.24) is 30.0 Å². The summed E-state index contributed by atoms with van der Waals surface area (Å²) in [4.78, 5) is 1.85. The summed E-state index contributed by atoms with van der Waals surface area (Å²) in [5.41, 5.74) is 2.01. The molecule has 0 saturated heterocycles. The third-order valence-electron chi connectivity index (χ3n) is 2.79. The van der Waals surface area contributed by atoms with Crippen molar-refractivity contribution in [1.29, 1.82) is 0 Å². The molecular weight excluding hydrogens is 280 g/mol. The zero-order valence-electron chi connectivity index (χ0n) is 9.86. The predicted octanol–water partition coefficient (Wildman–Crippen LogP) is 2.61. The van der Waals surface area contributed by atoms with Crippen LogP contribution in [0.2, 0.25) is 0 Å². The smallest absolute Gasteiger partial charge is 0.235 e. The van der Waals surface area contributed by atoms with Gasteiger partial charge in [0.2, 0.25) is 4.96 Å². The summed E-state index contributed by atoms with van der Waals surface area (Å²) in [6, 6.07) is 4.01. The average molecular weight is 288 g/mol. The second-order valence-corrected chi connectivity index (χ2v) is 5.91. The fourth-order valence-electron chi connectivity index (χ4n) is 1.85. The van der Waals surface area contributed by atoms with Gasteiger partial charge in [0.15, 0.2) is 10.8 Å². The third kappa shape index (κ3) is 1.60. The minimum absolute atomic E-state index is 0.786. The molecule has 0 fully saturated rings. The number of aryl methyl sites for hydroxylation is 1. The molecular formula is C11H8N6S2. The van der Waals surface area contributed by atoms with Crippen LogP contribution in [0.3, 0.4) is 0 Å². The number of hydrogen-bond acceptors (Lipinski definition) is 6. The number of thiophene rings is 1. The topological polar surface area (TPSA) is 71.8 Å². The van der Waals surface area contributed by atoms with Gasteiger partial charge in [-0.3, -0.25) is 5.10 Å². The van der Waals surface area contributed by atoms with E-state index < -0.39 is 0 Å². The second kappa shape index (κ2) is 3.97. The van der Waals surface area contributed by atoms with Crippen molar-refractivity contribution in [3.8, 4) is 21.3 Å². The maximum absolute atomic E-state index is 4.59. The molecule has 0 aliphatic heterocycles. The van der Waals surface area contributed by atoms with E-state index in [0.717, 1.165) is 31.9 Å². The minimum atomic E-state index is 0.786. The van der Waals surface area contributed by atoms with Crippen LogP contribution >= 0.6 is 22.7 Å². The van der Waals surface area contributed by atoms with Crippen LogP contribution in [0.15, 0.2) is 23.7 Å². The van der Waals surface area contributed by atoms with E-state index in [9.17, 15) is 0 Å². The van der Waals surface area contributed by atoms with Gasteiger partial charge in [-0.1, -0.05) is 17.4 Å². The van der Waals surface area contributed by atoms with Crippen molar-refractivity contribution < 1.29 is 0 Å². The molecule has 6 nitrogen and oxygen atoms in total. The molecule has 4 aromatic rings. The molecule has 4 heterocycles. The fourth-order valence-corrected chi connectivity index (χ4v) is 3.45. The highest BCUT2D eigenvalue weighted by Crippen LogP contribution is 2.30. The summed E-state index contributed by atoms with van der Waals surface area (Å²) in [5, 5.41) is 22.8. The fraction of sp³-hybridized carbons (Fsp3) is 0.0909. The van der Waals surface area contributed by atoms with Crippen LogP contribution in [-0.4, -0.2) is 30.0 Å². The van der Waals surface area contributed by atoms with E-state index in [1.165, 1.54) is 11.3 Å². The molecule has 0 spiro atoms. The van der Waals surface area contributed by atoms with Crippen LogP contribution < -0.4 is 0 Å². The average Bonchev–Trinajstić information content (AvgIpc) is 3.10. The van der Waals surface area contributed by atoms with Crippen LogP contribution in [0.4, 0.5) is 0 Å². The summed E-state index contributed by atoms with van der Waals surface area (Å²) in [6.45, 7) is 1.98. The van der Waals surface area contributed by atoms with E-state index in [2.05, 4.69) is 25.5 Å². The van der Waals surface area contributed by atoms with Gasteiger partial charge >= 0.3 is 0 Å². The summed E-state index contributed by atoms with van der Waals surface area (Å²) in [6.07, 6.45) is 1.78. The molecule has 8 heteroatoms. The van der Waals surface area contributed by atoms with Crippen LogP contribution in [0.25, 0.3) is 26.2 Å². The largest absolute Gasteiger partial charge is 0.282 e. The first-order chi connectivity index (χ1) is 9.33. The van der Waals surface area contributed by atoms with Crippen LogP contribution in [0.5, 0.6) is 0 Å². The molecule has 0 aliphatic carbocycles. The number of H-pyrrole nitrogens is 1. The van der Waals surface area contributed by atoms with Crippen LogP contribution in [0.1, 0.15) is 5.69 Å². The van der Waals surface area contributed by atoms with Gasteiger partial charge in [-0.15, -0.1) is 21.5 Å². The third-order valence-corrected chi connectivity index (χ3v) is 4.59. The van der Waals surface area contributed by atoms with E-state index in [-0.39, 0.29) is 0 Å². The summed E-state index contributed by atoms with van der Waals surface area (Å²) >= 11 is 3.14. The molecule has 0 bridgehead atoms. The SMILES string of the molecule is Cc1[nH]ncc1-c1nn2c(-c3cccs3)nnc2s1. The molecule has 0 aliphatic rings. The molecule has 1 N–H and O–H groups in total. The zero-order chi connectivity index (χ0) is 12.8. The minimum Gasteiger partial charge on any atom is -0.282 e. The van der Waals surface area contributed by atoms with E-state index in [1.807, 2.05) is 24.4 Å². The first-order valence-corrected chi connectivity index (χ1v) is 7.29. The second-order valence-electron chi connectivity index (χ2n) is 4.01. The normalized spacial score (nSPS) is 11.4. The summed E-state index contributed by atoms with van der Waals surface area (Å²) < 4.78 is 1.79. The molecule has 4 rings (SSSR count). The van der Waals surface area contributed by atoms with Gasteiger partial charge in [0, 0.05) is 5.69 Å². The van der Waals surface area contributed by atoms with Gasteiger partial charge in [-0.25, -0.2) is 0 Å². The first-order valence-electron chi connectivity index (χ1n) is 5.59. The monoisotopic (exact) mass is 288 g/mol. The maximum Gasteiger partial charge on any atom is 0.235 e. The van der Waals surface area contributed by atoms with Gasteiger partial charge in [0.05, 0.1) is 16.6 Å². The lowest BCUT2D eigenvalue weighted by molar-refractivity contribution is 0.973. The van der Waals surface area contributed by atoms with Gasteiger partial charge in [0.25, 0.3) is 0 Å². The highest BCUT2D eigenvalue weighted by molar-refractivity contribution is 7.20. The molecule has 4 aromatic heterocycles. The van der Waals surface area contributed by atoms with E-state index >= 15 is 0 Å². The van der Waals surface area contributed by atoms with E-state index in [0.29, 0.717) is 0 Å². The van der Waals surface area contributed by atoms with Crippen molar-refractivity contribution in [2.75, 3.05) is 0 Å². The number of rotatable bonds is 2. The molecule has 0 amide bonds. The van der Waals surface area contributed by atoms with Crippen molar-refractivity contribution in [2.45, 2.75) is 6.92 Å². The highest BCUT2D eigenvalue weighted by atomic mass is 32.1. The Bertz CT molecular complexity index is 838. The van der Waals surface area contributed by atoms with Crippen LogP contribution in [-0.2, 0) is 0 Å². The number of nitrogens with one attached hydrogen (secondary N) is 1. The molecule has 19 heavy (non-hydrogen) atoms.